The molecule has 0 unspecified atom stereocenters. The van der Waals surface area contributed by atoms with Crippen molar-refractivity contribution in [1.82, 2.24) is 15.0 Å². The summed E-state index contributed by atoms with van der Waals surface area (Å²) >= 11 is 0. The maximum atomic E-state index is 11.1. The van der Waals surface area contributed by atoms with Gasteiger partial charge in [-0.05, 0) is 0 Å². The van der Waals surface area contributed by atoms with Crippen LogP contribution in [-0.2, 0) is 13.6 Å². The summed E-state index contributed by atoms with van der Waals surface area (Å²) in [4.78, 5) is 10.6. The Hall–Kier alpha value is -2.84. The molecule has 0 bridgehead atoms. The largest absolute Gasteiger partial charge is 0.454 e. The molecule has 9 heteroatoms. The fourth-order valence-electron chi connectivity index (χ4n) is 1.89. The van der Waals surface area contributed by atoms with Gasteiger partial charge >= 0.3 is 0 Å². The summed E-state index contributed by atoms with van der Waals surface area (Å²) in [6.45, 7) is 0.397. The molecule has 0 amide bonds. The van der Waals surface area contributed by atoms with Gasteiger partial charge < -0.3 is 14.8 Å². The van der Waals surface area contributed by atoms with Gasteiger partial charge in [0.15, 0.2) is 11.5 Å². The molecule has 3 rings (SSSR count). The number of benzene rings is 1. The molecule has 1 aromatic heterocycles. The quantitative estimate of drug-likeness (QED) is 0.658. The highest BCUT2D eigenvalue weighted by Gasteiger charge is 2.23. The van der Waals surface area contributed by atoms with E-state index >= 15 is 0 Å². The zero-order chi connectivity index (χ0) is 14.1. The molecule has 2 aromatic rings. The molecule has 20 heavy (non-hydrogen) atoms. The number of nitro groups is 1. The molecule has 0 spiro atoms. The lowest BCUT2D eigenvalue weighted by atomic mass is 10.2. The van der Waals surface area contributed by atoms with Crippen LogP contribution in [0.2, 0.25) is 0 Å². The minimum absolute atomic E-state index is 0.0695. The van der Waals surface area contributed by atoms with Crippen LogP contribution >= 0.6 is 0 Å². The minimum atomic E-state index is -0.471. The standard InChI is InChI=1S/C11H11N5O4/c1-15-5-7(13-14-15)4-12-8-2-10-11(20-6-19-10)3-9(8)16(17)18/h2-3,5,12H,4,6H2,1H3. The van der Waals surface area contributed by atoms with Crippen LogP contribution in [0.5, 0.6) is 11.5 Å². The molecule has 0 atom stereocenters. The Bertz CT molecular complexity index is 669. The average Bonchev–Trinajstić information content (AvgIpc) is 3.03. The second-order valence-electron chi connectivity index (χ2n) is 4.22. The van der Waals surface area contributed by atoms with Gasteiger partial charge in [-0.25, -0.2) is 0 Å². The van der Waals surface area contributed by atoms with Crippen molar-refractivity contribution in [3.05, 3.63) is 34.1 Å². The average molecular weight is 277 g/mol. The van der Waals surface area contributed by atoms with E-state index in [1.807, 2.05) is 0 Å². The highest BCUT2D eigenvalue weighted by Crippen LogP contribution is 2.40. The number of anilines is 1. The van der Waals surface area contributed by atoms with Gasteiger partial charge in [0.05, 0.1) is 17.5 Å². The number of nitro benzene ring substituents is 1. The molecule has 0 radical (unpaired) electrons. The lowest BCUT2D eigenvalue weighted by molar-refractivity contribution is -0.384. The Morgan fingerprint density at radius 3 is 2.85 bits per heavy atom. The summed E-state index contributed by atoms with van der Waals surface area (Å²) in [6, 6.07) is 2.90. The topological polar surface area (TPSA) is 104 Å². The fraction of sp³-hybridized carbons (Fsp3) is 0.273. The number of hydrogen-bond acceptors (Lipinski definition) is 7. The van der Waals surface area contributed by atoms with Crippen molar-refractivity contribution in [1.29, 1.82) is 0 Å². The molecular formula is C11H11N5O4. The van der Waals surface area contributed by atoms with Gasteiger partial charge in [-0.15, -0.1) is 5.10 Å². The van der Waals surface area contributed by atoms with Gasteiger partial charge in [-0.1, -0.05) is 5.21 Å². The highest BCUT2D eigenvalue weighted by molar-refractivity contribution is 5.68. The zero-order valence-electron chi connectivity index (χ0n) is 10.6. The highest BCUT2D eigenvalue weighted by atomic mass is 16.7. The Morgan fingerprint density at radius 2 is 2.20 bits per heavy atom. The first-order valence-electron chi connectivity index (χ1n) is 5.80. The molecule has 2 heterocycles. The van der Waals surface area contributed by atoms with Crippen LogP contribution in [0.15, 0.2) is 18.3 Å². The van der Waals surface area contributed by atoms with Crippen LogP contribution in [0, 0.1) is 10.1 Å². The SMILES string of the molecule is Cn1cc(CNc2cc3c(cc2[N+](=O)[O-])OCO3)nn1. The van der Waals surface area contributed by atoms with Crippen LogP contribution < -0.4 is 14.8 Å². The van der Waals surface area contributed by atoms with E-state index < -0.39 is 4.92 Å². The normalized spacial score (nSPS) is 12.4. The van der Waals surface area contributed by atoms with Crippen LogP contribution in [-0.4, -0.2) is 26.7 Å². The van der Waals surface area contributed by atoms with E-state index in [4.69, 9.17) is 9.47 Å². The Labute approximate surface area is 113 Å². The molecule has 0 saturated heterocycles. The third-order valence-corrected chi connectivity index (χ3v) is 2.80. The van der Waals surface area contributed by atoms with Crippen molar-refractivity contribution in [2.24, 2.45) is 7.05 Å². The van der Waals surface area contributed by atoms with E-state index in [1.54, 1.807) is 24.0 Å². The number of rotatable bonds is 4. The predicted octanol–water partition coefficient (Wildman–Crippen LogP) is 1.06. The number of ether oxygens (including phenoxy) is 2. The maximum absolute atomic E-state index is 11.1. The van der Waals surface area contributed by atoms with Gasteiger partial charge in [0, 0.05) is 19.3 Å². The van der Waals surface area contributed by atoms with E-state index in [-0.39, 0.29) is 12.5 Å². The Balaban J connectivity index is 1.86. The van der Waals surface area contributed by atoms with Crippen LogP contribution in [0.4, 0.5) is 11.4 Å². The number of fused-ring (bicyclic) bond motifs is 1. The van der Waals surface area contributed by atoms with E-state index in [0.29, 0.717) is 29.4 Å². The molecule has 1 aliphatic heterocycles. The number of aromatic nitrogens is 3. The molecule has 0 aliphatic carbocycles. The summed E-state index contributed by atoms with van der Waals surface area (Å²) in [5, 5.41) is 21.7. The lowest BCUT2D eigenvalue weighted by Gasteiger charge is -2.06. The van der Waals surface area contributed by atoms with Crippen molar-refractivity contribution in [2.45, 2.75) is 6.54 Å². The first-order chi connectivity index (χ1) is 9.63. The molecule has 1 N–H and O–H groups in total. The fourth-order valence-corrected chi connectivity index (χ4v) is 1.89. The first kappa shape index (κ1) is 12.2. The molecule has 104 valence electrons. The smallest absolute Gasteiger partial charge is 0.296 e. The summed E-state index contributed by atoms with van der Waals surface area (Å²) in [5.41, 5.74) is 0.961. The number of hydrogen-bond donors (Lipinski definition) is 1. The van der Waals surface area contributed by atoms with Gasteiger partial charge in [-0.2, -0.15) is 0 Å². The zero-order valence-corrected chi connectivity index (χ0v) is 10.6. The van der Waals surface area contributed by atoms with Crippen molar-refractivity contribution < 1.29 is 14.4 Å². The van der Waals surface area contributed by atoms with Crippen molar-refractivity contribution in [3.63, 3.8) is 0 Å². The van der Waals surface area contributed by atoms with Crippen molar-refractivity contribution >= 4 is 11.4 Å². The summed E-state index contributed by atoms with van der Waals surface area (Å²) in [5.74, 6) is 0.860. The van der Waals surface area contributed by atoms with Gasteiger partial charge in [0.1, 0.15) is 11.4 Å². The van der Waals surface area contributed by atoms with Crippen LogP contribution in [0.25, 0.3) is 0 Å². The second kappa shape index (κ2) is 4.68. The van der Waals surface area contributed by atoms with E-state index in [0.717, 1.165) is 0 Å². The Kier molecular flexibility index (Phi) is 2.86. The number of nitrogens with zero attached hydrogens (tertiary/aromatic N) is 4. The van der Waals surface area contributed by atoms with E-state index in [9.17, 15) is 10.1 Å². The maximum Gasteiger partial charge on any atom is 0.296 e. The molecule has 0 saturated carbocycles. The summed E-state index contributed by atoms with van der Waals surface area (Å²) < 4.78 is 11.9. The molecule has 1 aromatic carbocycles. The number of aryl methyl sites for hydroxylation is 1. The summed E-state index contributed by atoms with van der Waals surface area (Å²) in [7, 11) is 1.75. The van der Waals surface area contributed by atoms with Gasteiger partial charge in [0.25, 0.3) is 5.69 Å². The van der Waals surface area contributed by atoms with Crippen LogP contribution in [0.3, 0.4) is 0 Å². The first-order valence-corrected chi connectivity index (χ1v) is 5.80. The van der Waals surface area contributed by atoms with Crippen LogP contribution in [0.1, 0.15) is 5.69 Å². The predicted molar refractivity (Wildman–Crippen MR) is 67.5 cm³/mol. The molecule has 1 aliphatic rings. The second-order valence-corrected chi connectivity index (χ2v) is 4.22. The third kappa shape index (κ3) is 2.20. The van der Waals surface area contributed by atoms with E-state index in [2.05, 4.69) is 15.6 Å². The molecule has 9 nitrogen and oxygen atoms in total. The monoisotopic (exact) mass is 277 g/mol. The van der Waals surface area contributed by atoms with Gasteiger partial charge in [-0.3, -0.25) is 14.8 Å². The third-order valence-electron chi connectivity index (χ3n) is 2.80. The number of nitrogens with one attached hydrogen (secondary N) is 1. The molecule has 0 fully saturated rings. The van der Waals surface area contributed by atoms with E-state index in [1.165, 1.54) is 6.07 Å². The summed E-state index contributed by atoms with van der Waals surface area (Å²) in [6.07, 6.45) is 1.73. The van der Waals surface area contributed by atoms with Gasteiger partial charge in [0.2, 0.25) is 6.79 Å². The van der Waals surface area contributed by atoms with Crippen molar-refractivity contribution in [3.8, 4) is 11.5 Å². The lowest BCUT2D eigenvalue weighted by Crippen LogP contribution is -2.03. The molecular weight excluding hydrogens is 266 g/mol. The minimum Gasteiger partial charge on any atom is -0.454 e. The Morgan fingerprint density at radius 1 is 1.45 bits per heavy atom. The van der Waals surface area contributed by atoms with Crippen molar-refractivity contribution in [2.75, 3.05) is 12.1 Å².